The van der Waals surface area contributed by atoms with Gasteiger partial charge < -0.3 is 15.5 Å². The molecule has 0 radical (unpaired) electrons. The molecule has 0 unspecified atom stereocenters. The normalized spacial score (nSPS) is 11.6. The lowest BCUT2D eigenvalue weighted by molar-refractivity contribution is -0.141. The minimum atomic E-state index is -4.54. The van der Waals surface area contributed by atoms with Crippen LogP contribution in [0.1, 0.15) is 17.8 Å². The summed E-state index contributed by atoms with van der Waals surface area (Å²) in [5.41, 5.74) is -0.281. The third kappa shape index (κ3) is 6.54. The zero-order chi connectivity index (χ0) is 18.3. The molecule has 0 aliphatic rings. The molecule has 136 valence electrons. The van der Waals surface area contributed by atoms with E-state index in [2.05, 4.69) is 25.6 Å². The van der Waals surface area contributed by atoms with E-state index in [-0.39, 0.29) is 18.3 Å². The highest BCUT2D eigenvalue weighted by Gasteiger charge is 2.33. The molecule has 0 aliphatic carbocycles. The van der Waals surface area contributed by atoms with Crippen LogP contribution in [-0.4, -0.2) is 47.0 Å². The zero-order valence-electron chi connectivity index (χ0n) is 14.1. The van der Waals surface area contributed by atoms with E-state index in [9.17, 15) is 13.2 Å². The third-order valence-corrected chi connectivity index (χ3v) is 3.26. The fourth-order valence-corrected chi connectivity index (χ4v) is 2.04. The largest absolute Gasteiger partial charge is 0.433 e. The van der Waals surface area contributed by atoms with Crippen LogP contribution in [-0.2, 0) is 12.7 Å². The fourth-order valence-electron chi connectivity index (χ4n) is 2.04. The van der Waals surface area contributed by atoms with Gasteiger partial charge in [-0.05, 0) is 39.2 Å². The maximum atomic E-state index is 13.0. The Balaban J connectivity index is 2.07. The summed E-state index contributed by atoms with van der Waals surface area (Å²) in [6, 6.07) is 6.25. The van der Waals surface area contributed by atoms with Crippen molar-refractivity contribution in [3.8, 4) is 0 Å². The summed E-state index contributed by atoms with van der Waals surface area (Å²) in [5.74, 6) is 0.0557. The Bertz CT molecular complexity index is 661. The number of aromatic nitrogens is 3. The predicted octanol–water partition coefficient (Wildman–Crippen LogP) is 2.87. The van der Waals surface area contributed by atoms with Gasteiger partial charge in [0.1, 0.15) is 5.82 Å². The van der Waals surface area contributed by atoms with Crippen LogP contribution in [0.5, 0.6) is 0 Å². The Morgan fingerprint density at radius 3 is 2.56 bits per heavy atom. The van der Waals surface area contributed by atoms with Crippen LogP contribution in [0.2, 0.25) is 0 Å². The van der Waals surface area contributed by atoms with E-state index in [0.29, 0.717) is 12.2 Å². The summed E-state index contributed by atoms with van der Waals surface area (Å²) in [5, 5.41) is 5.71. The van der Waals surface area contributed by atoms with Crippen LogP contribution < -0.4 is 10.6 Å². The molecule has 0 atom stereocenters. The van der Waals surface area contributed by atoms with Gasteiger partial charge in [0.05, 0.1) is 12.2 Å². The second-order valence-electron chi connectivity index (χ2n) is 5.72. The molecule has 2 aromatic heterocycles. The maximum absolute atomic E-state index is 13.0. The summed E-state index contributed by atoms with van der Waals surface area (Å²) in [6.07, 6.45) is -2.15. The Morgan fingerprint density at radius 2 is 1.92 bits per heavy atom. The van der Waals surface area contributed by atoms with E-state index in [0.717, 1.165) is 19.0 Å². The van der Waals surface area contributed by atoms with E-state index < -0.39 is 11.9 Å². The van der Waals surface area contributed by atoms with Crippen molar-refractivity contribution in [3.63, 3.8) is 0 Å². The van der Waals surface area contributed by atoms with E-state index in [4.69, 9.17) is 0 Å². The van der Waals surface area contributed by atoms with Gasteiger partial charge in [-0.1, -0.05) is 6.07 Å². The van der Waals surface area contributed by atoms with Gasteiger partial charge >= 0.3 is 6.18 Å². The van der Waals surface area contributed by atoms with Gasteiger partial charge in [0.25, 0.3) is 0 Å². The van der Waals surface area contributed by atoms with E-state index in [1.54, 1.807) is 18.3 Å². The Labute approximate surface area is 144 Å². The second kappa shape index (κ2) is 8.61. The average molecular weight is 354 g/mol. The quantitative estimate of drug-likeness (QED) is 0.711. The summed E-state index contributed by atoms with van der Waals surface area (Å²) >= 11 is 0. The SMILES string of the molecule is CN(C)CCCNc1nc(NCc2ccccn2)cc(C(F)(F)F)n1. The zero-order valence-corrected chi connectivity index (χ0v) is 14.1. The standard InChI is InChI=1S/C16H21F3N6/c1-25(2)9-5-8-21-15-23-13(16(17,18)19)10-14(24-15)22-11-12-6-3-4-7-20-12/h3-4,6-7,10H,5,8-9,11H2,1-2H3,(H2,21,22,23,24). The van der Waals surface area contributed by atoms with Gasteiger partial charge in [-0.2, -0.15) is 18.2 Å². The minimum absolute atomic E-state index is 0.0444. The van der Waals surface area contributed by atoms with Gasteiger partial charge in [0, 0.05) is 18.8 Å². The number of hydrogen-bond donors (Lipinski definition) is 2. The molecule has 2 N–H and O–H groups in total. The summed E-state index contributed by atoms with van der Waals surface area (Å²) in [4.78, 5) is 13.8. The molecule has 0 saturated heterocycles. The first-order chi connectivity index (χ1) is 11.8. The van der Waals surface area contributed by atoms with Crippen molar-refractivity contribution in [1.29, 1.82) is 0 Å². The molecule has 0 fully saturated rings. The molecule has 0 saturated carbocycles. The lowest BCUT2D eigenvalue weighted by Gasteiger charge is -2.13. The van der Waals surface area contributed by atoms with Crippen molar-refractivity contribution in [2.24, 2.45) is 0 Å². The molecule has 6 nitrogen and oxygen atoms in total. The molecule has 9 heteroatoms. The molecule has 0 spiro atoms. The highest BCUT2D eigenvalue weighted by atomic mass is 19.4. The molecule has 2 heterocycles. The van der Waals surface area contributed by atoms with Crippen LogP contribution in [0, 0.1) is 0 Å². The van der Waals surface area contributed by atoms with Crippen LogP contribution in [0.25, 0.3) is 0 Å². The van der Waals surface area contributed by atoms with E-state index in [1.807, 2.05) is 25.1 Å². The monoisotopic (exact) mass is 354 g/mol. The van der Waals surface area contributed by atoms with Gasteiger partial charge in [-0.25, -0.2) is 4.98 Å². The number of nitrogens with zero attached hydrogens (tertiary/aromatic N) is 4. The van der Waals surface area contributed by atoms with E-state index >= 15 is 0 Å². The second-order valence-corrected chi connectivity index (χ2v) is 5.72. The Morgan fingerprint density at radius 1 is 1.12 bits per heavy atom. The van der Waals surface area contributed by atoms with Gasteiger partial charge in [0.15, 0.2) is 5.69 Å². The molecule has 25 heavy (non-hydrogen) atoms. The van der Waals surface area contributed by atoms with Crippen molar-refractivity contribution in [3.05, 3.63) is 41.9 Å². The number of hydrogen-bond acceptors (Lipinski definition) is 6. The molecule has 0 bridgehead atoms. The summed E-state index contributed by atoms with van der Waals surface area (Å²) < 4.78 is 39.1. The van der Waals surface area contributed by atoms with Gasteiger partial charge in [-0.15, -0.1) is 0 Å². The lowest BCUT2D eigenvalue weighted by atomic mass is 10.3. The third-order valence-electron chi connectivity index (χ3n) is 3.26. The fraction of sp³-hybridized carbons (Fsp3) is 0.438. The number of halogens is 3. The average Bonchev–Trinajstić information content (AvgIpc) is 2.57. The molecule has 2 rings (SSSR count). The van der Waals surface area contributed by atoms with Crippen molar-refractivity contribution in [2.75, 3.05) is 37.8 Å². The molecular weight excluding hydrogens is 333 g/mol. The number of anilines is 2. The van der Waals surface area contributed by atoms with E-state index in [1.165, 1.54) is 0 Å². The number of rotatable bonds is 8. The van der Waals surface area contributed by atoms with Crippen LogP contribution in [0.15, 0.2) is 30.5 Å². The molecule has 0 aromatic carbocycles. The highest BCUT2D eigenvalue weighted by molar-refractivity contribution is 5.43. The lowest BCUT2D eigenvalue weighted by Crippen LogP contribution is -2.18. The number of nitrogens with one attached hydrogen (secondary N) is 2. The van der Waals surface area contributed by atoms with Crippen molar-refractivity contribution in [1.82, 2.24) is 19.9 Å². The van der Waals surface area contributed by atoms with Gasteiger partial charge in [-0.3, -0.25) is 4.98 Å². The topological polar surface area (TPSA) is 66.0 Å². The predicted molar refractivity (Wildman–Crippen MR) is 90.3 cm³/mol. The van der Waals surface area contributed by atoms with Crippen LogP contribution >= 0.6 is 0 Å². The summed E-state index contributed by atoms with van der Waals surface area (Å²) in [6.45, 7) is 1.57. The minimum Gasteiger partial charge on any atom is -0.364 e. The molecule has 0 aliphatic heterocycles. The molecule has 0 amide bonds. The smallest absolute Gasteiger partial charge is 0.364 e. The first-order valence-corrected chi connectivity index (χ1v) is 7.83. The number of alkyl halides is 3. The van der Waals surface area contributed by atoms with Crippen molar-refractivity contribution < 1.29 is 13.2 Å². The molecular formula is C16H21F3N6. The number of pyridine rings is 1. The Hall–Kier alpha value is -2.42. The first kappa shape index (κ1) is 18.9. The van der Waals surface area contributed by atoms with Crippen LogP contribution in [0.4, 0.5) is 24.9 Å². The van der Waals surface area contributed by atoms with Gasteiger partial charge in [0.2, 0.25) is 5.95 Å². The summed E-state index contributed by atoms with van der Waals surface area (Å²) in [7, 11) is 3.86. The van der Waals surface area contributed by atoms with Crippen LogP contribution in [0.3, 0.4) is 0 Å². The Kier molecular flexibility index (Phi) is 6.51. The maximum Gasteiger partial charge on any atom is 0.433 e. The van der Waals surface area contributed by atoms with Crippen molar-refractivity contribution in [2.45, 2.75) is 19.1 Å². The first-order valence-electron chi connectivity index (χ1n) is 7.83. The molecule has 2 aromatic rings. The highest BCUT2D eigenvalue weighted by Crippen LogP contribution is 2.29. The van der Waals surface area contributed by atoms with Crippen molar-refractivity contribution >= 4 is 11.8 Å².